The molecule has 2 N–H and O–H groups in total. The SMILES string of the molecule is CCOC(=O)N[C@@H](CC(=O)N/N=C\c1ccc(OCc2c(C)cc(C)cc2C)c(OC)c1)c1ccccc1. The average molecular weight is 518 g/mol. The van der Waals surface area contributed by atoms with Gasteiger partial charge in [0, 0.05) is 0 Å². The fourth-order valence-electron chi connectivity index (χ4n) is 4.13. The van der Waals surface area contributed by atoms with Gasteiger partial charge in [0.15, 0.2) is 11.5 Å². The van der Waals surface area contributed by atoms with Crippen molar-refractivity contribution in [3.63, 3.8) is 0 Å². The van der Waals surface area contributed by atoms with Crippen LogP contribution in [0.25, 0.3) is 0 Å². The Hall–Kier alpha value is -4.33. The summed E-state index contributed by atoms with van der Waals surface area (Å²) >= 11 is 0. The summed E-state index contributed by atoms with van der Waals surface area (Å²) in [5.41, 5.74) is 8.78. The van der Waals surface area contributed by atoms with E-state index in [-0.39, 0.29) is 18.9 Å². The fourth-order valence-corrected chi connectivity index (χ4v) is 4.13. The lowest BCUT2D eigenvalue weighted by Crippen LogP contribution is -2.33. The van der Waals surface area contributed by atoms with Crippen molar-refractivity contribution in [3.05, 3.63) is 94.0 Å². The quantitative estimate of drug-likeness (QED) is 0.258. The number of methoxy groups -OCH3 is 1. The van der Waals surface area contributed by atoms with E-state index in [1.54, 1.807) is 20.1 Å². The molecule has 0 unspecified atom stereocenters. The molecule has 8 heteroatoms. The van der Waals surface area contributed by atoms with Crippen LogP contribution in [-0.2, 0) is 16.1 Å². The van der Waals surface area contributed by atoms with Gasteiger partial charge in [0.05, 0.1) is 32.4 Å². The highest BCUT2D eigenvalue weighted by atomic mass is 16.5. The number of hydrazone groups is 1. The van der Waals surface area contributed by atoms with Crippen LogP contribution in [0, 0.1) is 20.8 Å². The molecule has 0 aliphatic heterocycles. The molecular weight excluding hydrogens is 482 g/mol. The molecule has 0 aromatic heterocycles. The predicted octanol–water partition coefficient (Wildman–Crippen LogP) is 5.53. The first kappa shape index (κ1) is 28.2. The van der Waals surface area contributed by atoms with Gasteiger partial charge in [-0.1, -0.05) is 48.0 Å². The second kappa shape index (κ2) is 13.8. The number of nitrogens with zero attached hydrogens (tertiary/aromatic N) is 1. The minimum atomic E-state index is -0.584. The summed E-state index contributed by atoms with van der Waals surface area (Å²) in [6, 6.07) is 18.4. The van der Waals surface area contributed by atoms with Crippen molar-refractivity contribution in [2.75, 3.05) is 13.7 Å². The van der Waals surface area contributed by atoms with Gasteiger partial charge >= 0.3 is 6.09 Å². The Labute approximate surface area is 224 Å². The molecule has 0 saturated carbocycles. The summed E-state index contributed by atoms with van der Waals surface area (Å²) < 4.78 is 16.5. The highest BCUT2D eigenvalue weighted by Crippen LogP contribution is 2.29. The molecule has 0 spiro atoms. The number of hydrogen-bond acceptors (Lipinski definition) is 6. The monoisotopic (exact) mass is 517 g/mol. The van der Waals surface area contributed by atoms with Crippen molar-refractivity contribution in [3.8, 4) is 11.5 Å². The van der Waals surface area contributed by atoms with Crippen LogP contribution in [-0.4, -0.2) is 31.9 Å². The zero-order valence-electron chi connectivity index (χ0n) is 22.5. The van der Waals surface area contributed by atoms with Crippen molar-refractivity contribution in [1.82, 2.24) is 10.7 Å². The summed E-state index contributed by atoms with van der Waals surface area (Å²) in [5.74, 6) is 0.817. The van der Waals surface area contributed by atoms with Gasteiger partial charge in [-0.25, -0.2) is 10.2 Å². The van der Waals surface area contributed by atoms with Crippen LogP contribution in [0.5, 0.6) is 11.5 Å². The molecule has 0 aliphatic rings. The zero-order chi connectivity index (χ0) is 27.5. The molecule has 0 aliphatic carbocycles. The van der Waals surface area contributed by atoms with Gasteiger partial charge < -0.3 is 19.5 Å². The highest BCUT2D eigenvalue weighted by Gasteiger charge is 2.19. The number of nitrogens with one attached hydrogen (secondary N) is 2. The summed E-state index contributed by atoms with van der Waals surface area (Å²) in [7, 11) is 1.58. The van der Waals surface area contributed by atoms with Crippen molar-refractivity contribution < 1.29 is 23.8 Å². The summed E-state index contributed by atoms with van der Waals surface area (Å²) in [5, 5.41) is 6.79. The highest BCUT2D eigenvalue weighted by molar-refractivity contribution is 5.83. The Morgan fingerprint density at radius 3 is 2.34 bits per heavy atom. The third-order valence-electron chi connectivity index (χ3n) is 5.96. The molecule has 0 bridgehead atoms. The second-order valence-corrected chi connectivity index (χ2v) is 8.90. The maximum atomic E-state index is 12.6. The third-order valence-corrected chi connectivity index (χ3v) is 5.96. The lowest BCUT2D eigenvalue weighted by atomic mass is 10.0. The van der Waals surface area contributed by atoms with Crippen molar-refractivity contribution in [2.24, 2.45) is 5.10 Å². The molecule has 0 heterocycles. The van der Waals surface area contributed by atoms with Gasteiger partial charge in [-0.2, -0.15) is 5.10 Å². The van der Waals surface area contributed by atoms with E-state index in [1.165, 1.54) is 22.9 Å². The minimum Gasteiger partial charge on any atom is -0.493 e. The number of amides is 2. The van der Waals surface area contributed by atoms with E-state index in [9.17, 15) is 9.59 Å². The fraction of sp³-hybridized carbons (Fsp3) is 0.300. The molecule has 0 fully saturated rings. The molecule has 8 nitrogen and oxygen atoms in total. The van der Waals surface area contributed by atoms with Crippen molar-refractivity contribution >= 4 is 18.2 Å². The number of ether oxygens (including phenoxy) is 3. The van der Waals surface area contributed by atoms with E-state index in [0.717, 1.165) is 16.7 Å². The normalized spacial score (nSPS) is 11.6. The average Bonchev–Trinajstić information content (AvgIpc) is 2.88. The van der Waals surface area contributed by atoms with Gasteiger partial charge in [-0.3, -0.25) is 4.79 Å². The number of hydrogen-bond donors (Lipinski definition) is 2. The van der Waals surface area contributed by atoms with Crippen LogP contribution >= 0.6 is 0 Å². The van der Waals surface area contributed by atoms with Crippen LogP contribution in [0.3, 0.4) is 0 Å². The number of benzene rings is 3. The molecule has 3 aromatic carbocycles. The van der Waals surface area contributed by atoms with Gasteiger partial charge in [0.2, 0.25) is 5.91 Å². The van der Waals surface area contributed by atoms with E-state index >= 15 is 0 Å². The molecule has 3 aromatic rings. The lowest BCUT2D eigenvalue weighted by molar-refractivity contribution is -0.121. The molecule has 1 atom stereocenters. The second-order valence-electron chi connectivity index (χ2n) is 8.90. The number of carbonyl (C=O) groups excluding carboxylic acids is 2. The zero-order valence-corrected chi connectivity index (χ0v) is 22.5. The maximum absolute atomic E-state index is 12.6. The molecule has 0 radical (unpaired) electrons. The lowest BCUT2D eigenvalue weighted by Gasteiger charge is -2.18. The molecular formula is C30H35N3O5. The van der Waals surface area contributed by atoms with Crippen LogP contribution in [0.4, 0.5) is 4.79 Å². The van der Waals surface area contributed by atoms with E-state index in [0.29, 0.717) is 18.1 Å². The van der Waals surface area contributed by atoms with E-state index in [1.807, 2.05) is 42.5 Å². The first-order valence-electron chi connectivity index (χ1n) is 12.5. The molecule has 3 rings (SSSR count). The number of aryl methyl sites for hydroxylation is 3. The summed E-state index contributed by atoms with van der Waals surface area (Å²) in [4.78, 5) is 24.5. The van der Waals surface area contributed by atoms with E-state index in [4.69, 9.17) is 14.2 Å². The van der Waals surface area contributed by atoms with Crippen LogP contribution < -0.4 is 20.2 Å². The predicted molar refractivity (Wildman–Crippen MR) is 148 cm³/mol. The standard InChI is InChI=1S/C30H35N3O5/c1-6-37-30(35)32-26(24-10-8-7-9-11-24)17-29(34)33-31-18-23-12-13-27(28(16-23)36-5)38-19-25-21(3)14-20(2)15-22(25)4/h7-16,18,26H,6,17,19H2,1-5H3,(H,32,35)(H,33,34)/b31-18-/t26-/m0/s1. The topological polar surface area (TPSA) is 98.2 Å². The number of alkyl carbamates (subject to hydrolysis) is 1. The number of rotatable bonds is 11. The van der Waals surface area contributed by atoms with Crippen LogP contribution in [0.15, 0.2) is 65.8 Å². The molecule has 38 heavy (non-hydrogen) atoms. The van der Waals surface area contributed by atoms with E-state index in [2.05, 4.69) is 48.7 Å². The Morgan fingerprint density at radius 1 is 0.974 bits per heavy atom. The molecule has 2 amide bonds. The molecule has 0 saturated heterocycles. The Balaban J connectivity index is 1.62. The van der Waals surface area contributed by atoms with Crippen molar-refractivity contribution in [1.29, 1.82) is 0 Å². The smallest absolute Gasteiger partial charge is 0.407 e. The van der Waals surface area contributed by atoms with Crippen LogP contribution in [0.1, 0.15) is 52.8 Å². The van der Waals surface area contributed by atoms with Crippen LogP contribution in [0.2, 0.25) is 0 Å². The van der Waals surface area contributed by atoms with Crippen molar-refractivity contribution in [2.45, 2.75) is 46.8 Å². The Kier molecular flexibility index (Phi) is 10.3. The minimum absolute atomic E-state index is 0.00584. The van der Waals surface area contributed by atoms with Gasteiger partial charge in [0.1, 0.15) is 6.61 Å². The number of carbonyl (C=O) groups is 2. The van der Waals surface area contributed by atoms with E-state index < -0.39 is 12.1 Å². The first-order valence-corrected chi connectivity index (χ1v) is 12.5. The Morgan fingerprint density at radius 2 is 1.68 bits per heavy atom. The molecule has 200 valence electrons. The first-order chi connectivity index (χ1) is 18.3. The Bertz CT molecular complexity index is 1250. The maximum Gasteiger partial charge on any atom is 0.407 e. The van der Waals surface area contributed by atoms with Gasteiger partial charge in [0.25, 0.3) is 0 Å². The largest absolute Gasteiger partial charge is 0.493 e. The van der Waals surface area contributed by atoms with Gasteiger partial charge in [-0.15, -0.1) is 0 Å². The van der Waals surface area contributed by atoms with Gasteiger partial charge in [-0.05, 0) is 73.7 Å². The third kappa shape index (κ3) is 8.09. The summed E-state index contributed by atoms with van der Waals surface area (Å²) in [6.07, 6.45) is 0.933. The summed E-state index contributed by atoms with van der Waals surface area (Å²) in [6.45, 7) is 8.64.